The van der Waals surface area contributed by atoms with Crippen LogP contribution in [0.15, 0.2) is 0 Å². The minimum Gasteiger partial charge on any atom is -0.383 e. The molecule has 1 saturated carbocycles. The predicted molar refractivity (Wildman–Crippen MR) is 86.9 cm³/mol. The second kappa shape index (κ2) is 9.01. The van der Waals surface area contributed by atoms with Crippen LogP contribution < -0.4 is 5.73 Å². The summed E-state index contributed by atoms with van der Waals surface area (Å²) >= 11 is 0. The van der Waals surface area contributed by atoms with Crippen LogP contribution in [0, 0.1) is 11.8 Å². The fraction of sp³-hybridized carbons (Fsp3) is 1.00. The number of hydrogen-bond donors (Lipinski definition) is 1. The normalized spacial score (nSPS) is 27.4. The maximum absolute atomic E-state index is 6.22. The fourth-order valence-electron chi connectivity index (χ4n) is 3.73. The van der Waals surface area contributed by atoms with Crippen LogP contribution in [0.2, 0.25) is 0 Å². The molecule has 0 unspecified atom stereocenters. The van der Waals surface area contributed by atoms with Gasteiger partial charge in [0, 0.05) is 32.3 Å². The Morgan fingerprint density at radius 2 is 1.95 bits per heavy atom. The molecule has 0 heterocycles. The molecule has 2 N–H and O–H groups in total. The number of hydrogen-bond acceptors (Lipinski definition) is 3. The van der Waals surface area contributed by atoms with Crippen molar-refractivity contribution in [1.29, 1.82) is 0 Å². The van der Waals surface area contributed by atoms with Gasteiger partial charge in [-0.3, -0.25) is 4.90 Å². The lowest BCUT2D eigenvalue weighted by Crippen LogP contribution is -2.57. The van der Waals surface area contributed by atoms with Crippen molar-refractivity contribution in [2.24, 2.45) is 17.6 Å². The van der Waals surface area contributed by atoms with E-state index in [2.05, 4.69) is 25.7 Å². The number of rotatable bonds is 9. The second-order valence-electron chi connectivity index (χ2n) is 6.99. The molecule has 0 bridgehead atoms. The summed E-state index contributed by atoms with van der Waals surface area (Å²) < 4.78 is 5.31. The first-order valence-electron chi connectivity index (χ1n) is 8.52. The summed E-state index contributed by atoms with van der Waals surface area (Å²) in [5.41, 5.74) is 6.45. The molecule has 3 nitrogen and oxygen atoms in total. The first kappa shape index (κ1) is 17.9. The van der Waals surface area contributed by atoms with Gasteiger partial charge in [-0.2, -0.15) is 0 Å². The largest absolute Gasteiger partial charge is 0.383 e. The molecule has 1 rings (SSSR count). The van der Waals surface area contributed by atoms with E-state index in [1.165, 1.54) is 38.5 Å². The molecule has 1 aliphatic rings. The Balaban J connectivity index is 2.68. The Hall–Kier alpha value is -0.120. The highest BCUT2D eigenvalue weighted by atomic mass is 16.5. The molecule has 0 aliphatic heterocycles. The van der Waals surface area contributed by atoms with E-state index in [1.54, 1.807) is 7.11 Å². The summed E-state index contributed by atoms with van der Waals surface area (Å²) in [5.74, 6) is 1.62. The Morgan fingerprint density at radius 1 is 1.30 bits per heavy atom. The highest BCUT2D eigenvalue weighted by Crippen LogP contribution is 2.38. The third-order valence-electron chi connectivity index (χ3n) is 4.93. The van der Waals surface area contributed by atoms with Crippen LogP contribution in [-0.2, 0) is 4.74 Å². The van der Waals surface area contributed by atoms with Crippen LogP contribution in [0.5, 0.6) is 0 Å². The Kier molecular flexibility index (Phi) is 8.08. The number of ether oxygens (including phenoxy) is 1. The van der Waals surface area contributed by atoms with E-state index in [9.17, 15) is 0 Å². The lowest BCUT2D eigenvalue weighted by Gasteiger charge is -2.48. The Morgan fingerprint density at radius 3 is 2.40 bits per heavy atom. The minimum atomic E-state index is 0.229. The van der Waals surface area contributed by atoms with Gasteiger partial charge in [-0.05, 0) is 37.5 Å². The van der Waals surface area contributed by atoms with Crippen molar-refractivity contribution in [2.75, 3.05) is 33.4 Å². The molecule has 20 heavy (non-hydrogen) atoms. The van der Waals surface area contributed by atoms with Crippen LogP contribution in [-0.4, -0.2) is 43.8 Å². The molecule has 0 saturated heterocycles. The standard InChI is InChI=1S/C17H36N2O/c1-5-6-16-7-9-17(14-18,10-8-16)19(11-12-20-4)13-15(2)3/h15-16H,5-14,18H2,1-4H3. The zero-order chi connectivity index (χ0) is 15.0. The zero-order valence-electron chi connectivity index (χ0n) is 14.2. The molecule has 1 fully saturated rings. The molecular formula is C17H36N2O. The average molecular weight is 284 g/mol. The molecule has 0 aromatic rings. The van der Waals surface area contributed by atoms with Gasteiger partial charge in [0.1, 0.15) is 0 Å². The average Bonchev–Trinajstić information content (AvgIpc) is 2.44. The van der Waals surface area contributed by atoms with Crippen LogP contribution in [0.3, 0.4) is 0 Å². The number of nitrogens with zero attached hydrogens (tertiary/aromatic N) is 1. The molecule has 0 aromatic carbocycles. The van der Waals surface area contributed by atoms with E-state index in [-0.39, 0.29) is 5.54 Å². The van der Waals surface area contributed by atoms with Crippen LogP contribution in [0.25, 0.3) is 0 Å². The summed E-state index contributed by atoms with van der Waals surface area (Å²) in [6.07, 6.45) is 7.96. The van der Waals surface area contributed by atoms with E-state index >= 15 is 0 Å². The van der Waals surface area contributed by atoms with Crippen LogP contribution in [0.4, 0.5) is 0 Å². The molecule has 0 atom stereocenters. The summed E-state index contributed by atoms with van der Waals surface area (Å²) in [6, 6.07) is 0. The molecule has 1 aliphatic carbocycles. The molecule has 120 valence electrons. The van der Waals surface area contributed by atoms with Gasteiger partial charge in [0.05, 0.1) is 6.61 Å². The van der Waals surface area contributed by atoms with Crippen molar-refractivity contribution < 1.29 is 4.74 Å². The van der Waals surface area contributed by atoms with Crippen molar-refractivity contribution >= 4 is 0 Å². The topological polar surface area (TPSA) is 38.5 Å². The van der Waals surface area contributed by atoms with E-state index in [0.717, 1.165) is 32.2 Å². The van der Waals surface area contributed by atoms with Crippen molar-refractivity contribution in [2.45, 2.75) is 64.8 Å². The van der Waals surface area contributed by atoms with Gasteiger partial charge in [0.25, 0.3) is 0 Å². The first-order valence-corrected chi connectivity index (χ1v) is 8.52. The molecule has 0 amide bonds. The lowest BCUT2D eigenvalue weighted by molar-refractivity contribution is 0.0136. The van der Waals surface area contributed by atoms with E-state index in [1.807, 2.05) is 0 Å². The van der Waals surface area contributed by atoms with E-state index in [4.69, 9.17) is 10.5 Å². The highest BCUT2D eigenvalue weighted by Gasteiger charge is 2.38. The van der Waals surface area contributed by atoms with E-state index < -0.39 is 0 Å². The minimum absolute atomic E-state index is 0.229. The summed E-state index contributed by atoms with van der Waals surface area (Å²) in [7, 11) is 1.79. The SMILES string of the molecule is CCCC1CCC(CN)(N(CCOC)CC(C)C)CC1. The summed E-state index contributed by atoms with van der Waals surface area (Å²) in [4.78, 5) is 2.63. The van der Waals surface area contributed by atoms with Gasteiger partial charge in [-0.25, -0.2) is 0 Å². The quantitative estimate of drug-likeness (QED) is 0.706. The Labute approximate surface area is 126 Å². The van der Waals surface area contributed by atoms with Crippen molar-refractivity contribution in [1.82, 2.24) is 4.90 Å². The smallest absolute Gasteiger partial charge is 0.0589 e. The van der Waals surface area contributed by atoms with Crippen LogP contribution in [0.1, 0.15) is 59.3 Å². The first-order chi connectivity index (χ1) is 9.57. The monoisotopic (exact) mass is 284 g/mol. The number of methoxy groups -OCH3 is 1. The molecule has 3 heteroatoms. The summed E-state index contributed by atoms with van der Waals surface area (Å²) in [5, 5.41) is 0. The molecular weight excluding hydrogens is 248 g/mol. The van der Waals surface area contributed by atoms with Gasteiger partial charge in [-0.15, -0.1) is 0 Å². The summed E-state index contributed by atoms with van der Waals surface area (Å²) in [6.45, 7) is 10.7. The third kappa shape index (κ3) is 5.01. The van der Waals surface area contributed by atoms with E-state index in [0.29, 0.717) is 5.92 Å². The van der Waals surface area contributed by atoms with Crippen molar-refractivity contribution in [3.63, 3.8) is 0 Å². The number of nitrogens with two attached hydrogens (primary N) is 1. The van der Waals surface area contributed by atoms with Crippen molar-refractivity contribution in [3.05, 3.63) is 0 Å². The zero-order valence-corrected chi connectivity index (χ0v) is 14.2. The molecule has 0 aromatic heterocycles. The van der Waals surface area contributed by atoms with Crippen molar-refractivity contribution in [3.8, 4) is 0 Å². The van der Waals surface area contributed by atoms with Gasteiger partial charge in [0.2, 0.25) is 0 Å². The van der Waals surface area contributed by atoms with Gasteiger partial charge >= 0.3 is 0 Å². The molecule has 0 spiro atoms. The highest BCUT2D eigenvalue weighted by molar-refractivity contribution is 4.96. The second-order valence-corrected chi connectivity index (χ2v) is 6.99. The predicted octanol–water partition coefficient (Wildman–Crippen LogP) is 3.28. The maximum atomic E-state index is 6.22. The van der Waals surface area contributed by atoms with Gasteiger partial charge in [-0.1, -0.05) is 33.6 Å². The van der Waals surface area contributed by atoms with Gasteiger partial charge in [0.15, 0.2) is 0 Å². The Bertz CT molecular complexity index is 247. The van der Waals surface area contributed by atoms with Crippen LogP contribution >= 0.6 is 0 Å². The maximum Gasteiger partial charge on any atom is 0.0589 e. The van der Waals surface area contributed by atoms with Gasteiger partial charge < -0.3 is 10.5 Å². The fourth-order valence-corrected chi connectivity index (χ4v) is 3.73. The molecule has 0 radical (unpaired) electrons. The lowest BCUT2D eigenvalue weighted by atomic mass is 9.74. The third-order valence-corrected chi connectivity index (χ3v) is 4.93.